The number of halogens is 1. The van der Waals surface area contributed by atoms with Crippen LogP contribution in [0, 0.1) is 0 Å². The minimum Gasteiger partial charge on any atom is -0.314 e. The molecule has 0 spiro atoms. The maximum atomic E-state index is 4.13. The second-order valence-corrected chi connectivity index (χ2v) is 5.00. The second-order valence-electron chi connectivity index (χ2n) is 4.08. The molecule has 0 atom stereocenters. The molecule has 0 aliphatic heterocycles. The Labute approximate surface area is 106 Å². The van der Waals surface area contributed by atoms with E-state index in [0.29, 0.717) is 6.04 Å². The van der Waals surface area contributed by atoms with Gasteiger partial charge in [-0.15, -0.1) is 0 Å². The van der Waals surface area contributed by atoms with E-state index in [-0.39, 0.29) is 0 Å². The summed E-state index contributed by atoms with van der Waals surface area (Å²) in [6.07, 6.45) is 10.2. The van der Waals surface area contributed by atoms with Crippen LogP contribution in [0.2, 0.25) is 0 Å². The minimum atomic E-state index is 0.572. The molecule has 1 rings (SSSR count). The van der Waals surface area contributed by atoms with Crippen molar-refractivity contribution in [1.82, 2.24) is 10.3 Å². The van der Waals surface area contributed by atoms with Crippen LogP contribution in [0.15, 0.2) is 35.1 Å². The normalized spacial score (nSPS) is 11.5. The summed E-state index contributed by atoms with van der Waals surface area (Å²) in [4.78, 5) is 4.13. The molecule has 0 saturated carbocycles. The van der Waals surface area contributed by atoms with Crippen LogP contribution in [0.3, 0.4) is 0 Å². The van der Waals surface area contributed by atoms with Gasteiger partial charge in [0.25, 0.3) is 0 Å². The van der Waals surface area contributed by atoms with Crippen LogP contribution in [0.5, 0.6) is 0 Å². The Kier molecular flexibility index (Phi) is 6.34. The third kappa shape index (κ3) is 6.03. The van der Waals surface area contributed by atoms with Crippen molar-refractivity contribution in [2.75, 3.05) is 6.54 Å². The SMILES string of the molecule is CC(C)NCC/C=C/Cc1cncc(Br)c1. The second kappa shape index (κ2) is 7.58. The summed E-state index contributed by atoms with van der Waals surface area (Å²) < 4.78 is 1.04. The van der Waals surface area contributed by atoms with Gasteiger partial charge < -0.3 is 5.32 Å². The molecule has 1 heterocycles. The van der Waals surface area contributed by atoms with Crippen molar-refractivity contribution in [1.29, 1.82) is 0 Å². The molecule has 1 aromatic heterocycles. The van der Waals surface area contributed by atoms with Crippen LogP contribution in [0.1, 0.15) is 25.8 Å². The predicted octanol–water partition coefficient (Wildman–Crippen LogP) is 3.33. The van der Waals surface area contributed by atoms with E-state index in [0.717, 1.165) is 23.9 Å². The van der Waals surface area contributed by atoms with Gasteiger partial charge in [0, 0.05) is 22.9 Å². The van der Waals surface area contributed by atoms with Crippen molar-refractivity contribution in [3.8, 4) is 0 Å². The molecule has 0 amide bonds. The molecule has 0 aliphatic rings. The van der Waals surface area contributed by atoms with Crippen molar-refractivity contribution in [3.05, 3.63) is 40.6 Å². The zero-order valence-corrected chi connectivity index (χ0v) is 11.5. The fourth-order valence-corrected chi connectivity index (χ4v) is 1.77. The molecule has 0 unspecified atom stereocenters. The van der Waals surface area contributed by atoms with Crippen molar-refractivity contribution in [2.24, 2.45) is 0 Å². The monoisotopic (exact) mass is 282 g/mol. The molecule has 0 radical (unpaired) electrons. The highest BCUT2D eigenvalue weighted by molar-refractivity contribution is 9.10. The standard InChI is InChI=1S/C13H19BrN2/c1-11(2)16-7-5-3-4-6-12-8-13(14)10-15-9-12/h3-4,8-11,16H,5-7H2,1-2H3/b4-3+. The number of allylic oxidation sites excluding steroid dienone is 1. The Morgan fingerprint density at radius 1 is 1.38 bits per heavy atom. The van der Waals surface area contributed by atoms with Crippen LogP contribution in [0.4, 0.5) is 0 Å². The molecule has 1 aromatic rings. The molecule has 2 nitrogen and oxygen atoms in total. The summed E-state index contributed by atoms with van der Waals surface area (Å²) in [6.45, 7) is 5.37. The van der Waals surface area contributed by atoms with Gasteiger partial charge in [-0.1, -0.05) is 26.0 Å². The topological polar surface area (TPSA) is 24.9 Å². The van der Waals surface area contributed by atoms with Gasteiger partial charge in [-0.25, -0.2) is 0 Å². The van der Waals surface area contributed by atoms with E-state index >= 15 is 0 Å². The first-order valence-corrected chi connectivity index (χ1v) is 6.45. The first kappa shape index (κ1) is 13.4. The summed E-state index contributed by atoms with van der Waals surface area (Å²) in [5, 5.41) is 3.38. The van der Waals surface area contributed by atoms with E-state index in [2.05, 4.69) is 58.3 Å². The van der Waals surface area contributed by atoms with Crippen molar-refractivity contribution < 1.29 is 0 Å². The summed E-state index contributed by atoms with van der Waals surface area (Å²) in [7, 11) is 0. The highest BCUT2D eigenvalue weighted by Crippen LogP contribution is 2.10. The van der Waals surface area contributed by atoms with Gasteiger partial charge in [-0.05, 0) is 46.9 Å². The fourth-order valence-electron chi connectivity index (χ4n) is 1.36. The van der Waals surface area contributed by atoms with Gasteiger partial charge in [-0.3, -0.25) is 4.98 Å². The quantitative estimate of drug-likeness (QED) is 0.640. The molecule has 16 heavy (non-hydrogen) atoms. The summed E-state index contributed by atoms with van der Waals surface area (Å²) in [6, 6.07) is 2.67. The van der Waals surface area contributed by atoms with Gasteiger partial charge in [-0.2, -0.15) is 0 Å². The van der Waals surface area contributed by atoms with E-state index in [4.69, 9.17) is 0 Å². The fraction of sp³-hybridized carbons (Fsp3) is 0.462. The molecule has 3 heteroatoms. The average Bonchev–Trinajstić information content (AvgIpc) is 2.23. The van der Waals surface area contributed by atoms with Crippen LogP contribution in [-0.2, 0) is 6.42 Å². The van der Waals surface area contributed by atoms with Gasteiger partial charge in [0.05, 0.1) is 0 Å². The highest BCUT2D eigenvalue weighted by atomic mass is 79.9. The number of nitrogens with zero attached hydrogens (tertiary/aromatic N) is 1. The first-order chi connectivity index (χ1) is 7.68. The smallest absolute Gasteiger partial charge is 0.0410 e. The Bertz CT molecular complexity index is 334. The number of rotatable bonds is 6. The number of nitrogens with one attached hydrogen (secondary N) is 1. The lowest BCUT2D eigenvalue weighted by atomic mass is 10.2. The maximum absolute atomic E-state index is 4.13. The first-order valence-electron chi connectivity index (χ1n) is 5.66. The molecule has 0 bridgehead atoms. The lowest BCUT2D eigenvalue weighted by Crippen LogP contribution is -2.23. The molecule has 0 saturated heterocycles. The van der Waals surface area contributed by atoms with Crippen molar-refractivity contribution in [2.45, 2.75) is 32.7 Å². The third-order valence-electron chi connectivity index (χ3n) is 2.15. The molecular weight excluding hydrogens is 264 g/mol. The summed E-state index contributed by atoms with van der Waals surface area (Å²) >= 11 is 3.42. The largest absolute Gasteiger partial charge is 0.314 e. The average molecular weight is 283 g/mol. The van der Waals surface area contributed by atoms with E-state index < -0.39 is 0 Å². The van der Waals surface area contributed by atoms with Gasteiger partial charge in [0.1, 0.15) is 0 Å². The van der Waals surface area contributed by atoms with Crippen LogP contribution >= 0.6 is 15.9 Å². The molecule has 0 fully saturated rings. The van der Waals surface area contributed by atoms with Crippen LogP contribution in [0.25, 0.3) is 0 Å². The number of hydrogen-bond donors (Lipinski definition) is 1. The molecular formula is C13H19BrN2. The molecule has 88 valence electrons. The summed E-state index contributed by atoms with van der Waals surface area (Å²) in [5.74, 6) is 0. The van der Waals surface area contributed by atoms with E-state index in [1.807, 2.05) is 6.20 Å². The Balaban J connectivity index is 2.21. The number of pyridine rings is 1. The molecule has 0 aliphatic carbocycles. The van der Waals surface area contributed by atoms with Gasteiger partial charge in [0.15, 0.2) is 0 Å². The lowest BCUT2D eigenvalue weighted by Gasteiger charge is -2.04. The third-order valence-corrected chi connectivity index (χ3v) is 2.58. The Morgan fingerprint density at radius 3 is 2.88 bits per heavy atom. The van der Waals surface area contributed by atoms with E-state index in [9.17, 15) is 0 Å². The molecule has 1 N–H and O–H groups in total. The van der Waals surface area contributed by atoms with Gasteiger partial charge >= 0.3 is 0 Å². The lowest BCUT2D eigenvalue weighted by molar-refractivity contribution is 0.594. The minimum absolute atomic E-state index is 0.572. The van der Waals surface area contributed by atoms with E-state index in [1.165, 1.54) is 5.56 Å². The maximum Gasteiger partial charge on any atom is 0.0410 e. The van der Waals surface area contributed by atoms with E-state index in [1.54, 1.807) is 6.20 Å². The van der Waals surface area contributed by atoms with Gasteiger partial charge in [0.2, 0.25) is 0 Å². The van der Waals surface area contributed by atoms with Crippen LogP contribution in [-0.4, -0.2) is 17.6 Å². The van der Waals surface area contributed by atoms with Crippen molar-refractivity contribution >= 4 is 15.9 Å². The number of hydrogen-bond acceptors (Lipinski definition) is 2. The highest BCUT2D eigenvalue weighted by Gasteiger charge is 1.92. The predicted molar refractivity (Wildman–Crippen MR) is 72.5 cm³/mol. The Morgan fingerprint density at radius 2 is 2.19 bits per heavy atom. The number of aromatic nitrogens is 1. The Hall–Kier alpha value is -0.670. The summed E-state index contributed by atoms with van der Waals surface area (Å²) in [5.41, 5.74) is 1.24. The zero-order valence-electron chi connectivity index (χ0n) is 9.91. The molecule has 0 aromatic carbocycles. The van der Waals surface area contributed by atoms with Crippen molar-refractivity contribution in [3.63, 3.8) is 0 Å². The van der Waals surface area contributed by atoms with Crippen LogP contribution < -0.4 is 5.32 Å². The zero-order chi connectivity index (χ0) is 11.8.